The van der Waals surface area contributed by atoms with E-state index in [2.05, 4.69) is 11.8 Å². The van der Waals surface area contributed by atoms with Crippen LogP contribution in [0.5, 0.6) is 0 Å². The Hall–Kier alpha value is -0.770. The van der Waals surface area contributed by atoms with Crippen molar-refractivity contribution in [2.75, 3.05) is 25.4 Å². The molecule has 2 N–H and O–H groups in total. The van der Waals surface area contributed by atoms with E-state index in [1.807, 2.05) is 18.2 Å². The Morgan fingerprint density at radius 2 is 2.33 bits per heavy atom. The number of piperidine rings is 1. The normalized spacial score (nSPS) is 21.1. The fourth-order valence-electron chi connectivity index (χ4n) is 2.48. The molecule has 0 spiro atoms. The Balaban J connectivity index is 1.93. The van der Waals surface area contributed by atoms with Gasteiger partial charge in [-0.2, -0.15) is 0 Å². The minimum absolute atomic E-state index is 0.383. The molecule has 0 amide bonds. The van der Waals surface area contributed by atoms with Crippen LogP contribution < -0.4 is 5.73 Å². The number of nitrogens with two attached hydrogens (primary N) is 1. The van der Waals surface area contributed by atoms with Crippen molar-refractivity contribution in [1.29, 1.82) is 0 Å². The summed E-state index contributed by atoms with van der Waals surface area (Å²) >= 11 is 5.93. The molecule has 1 saturated heterocycles. The highest BCUT2D eigenvalue weighted by Crippen LogP contribution is 2.22. The van der Waals surface area contributed by atoms with Crippen LogP contribution in [0, 0.1) is 0 Å². The molecule has 18 heavy (non-hydrogen) atoms. The molecule has 1 unspecified atom stereocenters. The van der Waals surface area contributed by atoms with Gasteiger partial charge >= 0.3 is 0 Å². The first-order valence-corrected chi connectivity index (χ1v) is 6.94. The number of benzene rings is 1. The van der Waals surface area contributed by atoms with Crippen LogP contribution in [0.2, 0.25) is 5.02 Å². The van der Waals surface area contributed by atoms with Crippen LogP contribution in [0.3, 0.4) is 0 Å². The van der Waals surface area contributed by atoms with Crippen molar-refractivity contribution >= 4 is 17.3 Å². The van der Waals surface area contributed by atoms with Crippen molar-refractivity contribution in [3.8, 4) is 0 Å². The molecular weight excluding hydrogens is 248 g/mol. The number of nitrogen functional groups attached to an aromatic ring is 1. The molecule has 0 aliphatic carbocycles. The van der Waals surface area contributed by atoms with E-state index in [4.69, 9.17) is 22.1 Å². The molecule has 0 radical (unpaired) electrons. The van der Waals surface area contributed by atoms with E-state index >= 15 is 0 Å². The van der Waals surface area contributed by atoms with Gasteiger partial charge in [-0.3, -0.25) is 4.90 Å². The quantitative estimate of drug-likeness (QED) is 0.854. The number of likely N-dealkylation sites (tertiary alicyclic amines) is 1. The molecule has 1 aliphatic rings. The Kier molecular flexibility index (Phi) is 4.87. The van der Waals surface area contributed by atoms with Gasteiger partial charge in [-0.25, -0.2) is 0 Å². The first kappa shape index (κ1) is 13.7. The van der Waals surface area contributed by atoms with Crippen LogP contribution in [0.1, 0.15) is 25.3 Å². The van der Waals surface area contributed by atoms with Gasteiger partial charge in [-0.1, -0.05) is 17.7 Å². The number of anilines is 1. The summed E-state index contributed by atoms with van der Waals surface area (Å²) in [6.45, 7) is 5.92. The summed E-state index contributed by atoms with van der Waals surface area (Å²) < 4.78 is 5.71. The zero-order valence-electron chi connectivity index (χ0n) is 10.9. The third kappa shape index (κ3) is 3.61. The van der Waals surface area contributed by atoms with Gasteiger partial charge in [0.15, 0.2) is 0 Å². The number of hydrogen-bond acceptors (Lipinski definition) is 3. The summed E-state index contributed by atoms with van der Waals surface area (Å²) in [6, 6.07) is 5.88. The summed E-state index contributed by atoms with van der Waals surface area (Å²) in [7, 11) is 0. The molecule has 3 nitrogen and oxygen atoms in total. The van der Waals surface area contributed by atoms with Gasteiger partial charge in [0, 0.05) is 19.7 Å². The predicted octanol–water partition coefficient (Wildman–Crippen LogP) is 2.92. The van der Waals surface area contributed by atoms with Crippen LogP contribution in [-0.2, 0) is 11.3 Å². The average molecular weight is 269 g/mol. The third-order valence-corrected chi connectivity index (χ3v) is 3.68. The average Bonchev–Trinajstić information content (AvgIpc) is 2.35. The van der Waals surface area contributed by atoms with Crippen molar-refractivity contribution < 1.29 is 4.74 Å². The largest absolute Gasteiger partial charge is 0.398 e. The highest BCUT2D eigenvalue weighted by atomic mass is 35.5. The molecule has 1 fully saturated rings. The second-order valence-corrected chi connectivity index (χ2v) is 5.22. The lowest BCUT2D eigenvalue weighted by molar-refractivity contribution is 0.00364. The van der Waals surface area contributed by atoms with Gasteiger partial charge in [0.2, 0.25) is 0 Å². The van der Waals surface area contributed by atoms with E-state index in [0.717, 1.165) is 26.2 Å². The van der Waals surface area contributed by atoms with Crippen LogP contribution in [0.4, 0.5) is 5.69 Å². The summed E-state index contributed by atoms with van der Waals surface area (Å²) in [5.41, 5.74) is 7.70. The monoisotopic (exact) mass is 268 g/mol. The van der Waals surface area contributed by atoms with E-state index in [1.54, 1.807) is 0 Å². The van der Waals surface area contributed by atoms with Gasteiger partial charge in [-0.05, 0) is 44.0 Å². The Morgan fingerprint density at radius 3 is 3.06 bits per heavy atom. The van der Waals surface area contributed by atoms with Crippen molar-refractivity contribution in [2.24, 2.45) is 0 Å². The van der Waals surface area contributed by atoms with Crippen molar-refractivity contribution in [3.63, 3.8) is 0 Å². The Morgan fingerprint density at radius 1 is 1.50 bits per heavy atom. The maximum atomic E-state index is 5.93. The third-order valence-electron chi connectivity index (χ3n) is 3.33. The van der Waals surface area contributed by atoms with Crippen LogP contribution in [-0.4, -0.2) is 30.7 Å². The van der Waals surface area contributed by atoms with Gasteiger partial charge in [0.05, 0.1) is 16.8 Å². The maximum absolute atomic E-state index is 5.93. The molecule has 1 heterocycles. The molecule has 1 aliphatic heterocycles. The van der Waals surface area contributed by atoms with E-state index in [9.17, 15) is 0 Å². The summed E-state index contributed by atoms with van der Waals surface area (Å²) in [4.78, 5) is 2.42. The highest BCUT2D eigenvalue weighted by molar-refractivity contribution is 6.33. The minimum Gasteiger partial charge on any atom is -0.398 e. The molecule has 0 aromatic heterocycles. The lowest BCUT2D eigenvalue weighted by Gasteiger charge is -2.32. The van der Waals surface area contributed by atoms with Gasteiger partial charge < -0.3 is 10.5 Å². The summed E-state index contributed by atoms with van der Waals surface area (Å²) in [5, 5.41) is 0.629. The minimum atomic E-state index is 0.383. The van der Waals surface area contributed by atoms with Crippen molar-refractivity contribution in [3.05, 3.63) is 28.8 Å². The first-order chi connectivity index (χ1) is 8.69. The fourth-order valence-corrected chi connectivity index (χ4v) is 2.60. The Bertz CT molecular complexity index is 395. The molecule has 0 saturated carbocycles. The number of rotatable bonds is 4. The van der Waals surface area contributed by atoms with Crippen LogP contribution in [0.15, 0.2) is 18.2 Å². The number of ether oxygens (including phenoxy) is 1. The number of hydrogen-bond donors (Lipinski definition) is 1. The first-order valence-electron chi connectivity index (χ1n) is 6.57. The Labute approximate surface area is 114 Å². The lowest BCUT2D eigenvalue weighted by atomic mass is 10.1. The maximum Gasteiger partial charge on any atom is 0.0702 e. The zero-order chi connectivity index (χ0) is 13.0. The molecular formula is C14H21ClN2O. The lowest BCUT2D eigenvalue weighted by Crippen LogP contribution is -2.39. The number of halogens is 1. The fraction of sp³-hybridized carbons (Fsp3) is 0.571. The molecule has 1 atom stereocenters. The van der Waals surface area contributed by atoms with Gasteiger partial charge in [0.25, 0.3) is 0 Å². The standard InChI is InChI=1S/C14H21ClN2O/c1-2-18-12-4-3-7-17(10-12)9-11-5-6-13(15)14(16)8-11/h5-6,8,12H,2-4,7,9-10,16H2,1H3. The molecule has 1 aromatic carbocycles. The molecule has 2 rings (SSSR count). The van der Waals surface area contributed by atoms with E-state index < -0.39 is 0 Å². The van der Waals surface area contributed by atoms with E-state index in [1.165, 1.54) is 18.4 Å². The summed E-state index contributed by atoms with van der Waals surface area (Å²) in [5.74, 6) is 0. The second-order valence-electron chi connectivity index (χ2n) is 4.81. The molecule has 1 aromatic rings. The second kappa shape index (κ2) is 6.41. The smallest absolute Gasteiger partial charge is 0.0702 e. The molecule has 100 valence electrons. The highest BCUT2D eigenvalue weighted by Gasteiger charge is 2.19. The van der Waals surface area contributed by atoms with E-state index in [-0.39, 0.29) is 0 Å². The predicted molar refractivity (Wildman–Crippen MR) is 75.8 cm³/mol. The number of nitrogens with zero attached hydrogens (tertiary/aromatic N) is 1. The van der Waals surface area contributed by atoms with Gasteiger partial charge in [0.1, 0.15) is 0 Å². The molecule has 0 bridgehead atoms. The topological polar surface area (TPSA) is 38.5 Å². The van der Waals surface area contributed by atoms with E-state index in [0.29, 0.717) is 16.8 Å². The summed E-state index contributed by atoms with van der Waals surface area (Å²) in [6.07, 6.45) is 2.76. The van der Waals surface area contributed by atoms with Crippen LogP contribution in [0.25, 0.3) is 0 Å². The SMILES string of the molecule is CCOC1CCCN(Cc2ccc(Cl)c(N)c2)C1. The van der Waals surface area contributed by atoms with Crippen molar-refractivity contribution in [2.45, 2.75) is 32.4 Å². The zero-order valence-corrected chi connectivity index (χ0v) is 11.6. The van der Waals surface area contributed by atoms with Crippen LogP contribution >= 0.6 is 11.6 Å². The molecule has 4 heteroatoms. The van der Waals surface area contributed by atoms with Crippen molar-refractivity contribution in [1.82, 2.24) is 4.90 Å². The van der Waals surface area contributed by atoms with Gasteiger partial charge in [-0.15, -0.1) is 0 Å².